The smallest absolute Gasteiger partial charge is 0.178 e. The number of ether oxygens (including phenoxy) is 2. The zero-order valence-electron chi connectivity index (χ0n) is 44.2. The van der Waals surface area contributed by atoms with Crippen molar-refractivity contribution in [3.63, 3.8) is 0 Å². The van der Waals surface area contributed by atoms with E-state index in [0.717, 1.165) is 53.9 Å². The van der Waals surface area contributed by atoms with Gasteiger partial charge in [-0.05, 0) is 132 Å². The van der Waals surface area contributed by atoms with Crippen molar-refractivity contribution in [2.75, 3.05) is 13.2 Å². The van der Waals surface area contributed by atoms with Crippen LogP contribution in [0.1, 0.15) is 239 Å². The molecule has 62 heavy (non-hydrogen) atoms. The third kappa shape index (κ3) is 31.1. The van der Waals surface area contributed by atoms with Gasteiger partial charge in [0.2, 0.25) is 0 Å². The summed E-state index contributed by atoms with van der Waals surface area (Å²) >= 11 is 0. The fourth-order valence-corrected chi connectivity index (χ4v) is 9.24. The number of rotatable bonds is 35. The van der Waals surface area contributed by atoms with E-state index in [1.807, 2.05) is 0 Å². The molecule has 0 spiro atoms. The van der Waals surface area contributed by atoms with Crippen molar-refractivity contribution in [1.82, 2.24) is 0 Å². The van der Waals surface area contributed by atoms with Gasteiger partial charge in [0.1, 0.15) is 0 Å². The van der Waals surface area contributed by atoms with Crippen molar-refractivity contribution in [2.45, 2.75) is 245 Å². The SMILES string of the molecule is CC(C=CC1=C(C)CCCC1(C)C)=CC=CC(C)=CC(OCC=C(C)CCCC(C)CCCC(C)CCCC(C)C)OCC=C(C)CCCC(C)CCCC(C)CCCC(C)C. The number of hydrogen-bond acceptors (Lipinski definition) is 2. The maximum Gasteiger partial charge on any atom is 0.178 e. The fourth-order valence-electron chi connectivity index (χ4n) is 9.24. The highest BCUT2D eigenvalue weighted by molar-refractivity contribution is 5.37. The molecule has 0 aromatic carbocycles. The largest absolute Gasteiger partial charge is 0.345 e. The average molecular weight is 860 g/mol. The molecule has 358 valence electrons. The van der Waals surface area contributed by atoms with Crippen LogP contribution >= 0.6 is 0 Å². The van der Waals surface area contributed by atoms with E-state index in [0.29, 0.717) is 13.2 Å². The molecule has 2 heteroatoms. The minimum Gasteiger partial charge on any atom is -0.345 e. The molecule has 0 amide bonds. The Balaban J connectivity index is 2.74. The monoisotopic (exact) mass is 859 g/mol. The summed E-state index contributed by atoms with van der Waals surface area (Å²) < 4.78 is 12.8. The lowest BCUT2D eigenvalue weighted by Gasteiger charge is -2.32. The van der Waals surface area contributed by atoms with Gasteiger partial charge in [-0.1, -0.05) is 230 Å². The molecular weight excluding hydrogens is 753 g/mol. The number of hydrogen-bond donors (Lipinski definition) is 0. The van der Waals surface area contributed by atoms with Gasteiger partial charge in [-0.3, -0.25) is 0 Å². The Bertz CT molecular complexity index is 1320. The first kappa shape index (κ1) is 58.1. The lowest BCUT2D eigenvalue weighted by Crippen LogP contribution is -2.19. The van der Waals surface area contributed by atoms with E-state index < -0.39 is 0 Å². The predicted molar refractivity (Wildman–Crippen MR) is 279 cm³/mol. The van der Waals surface area contributed by atoms with Crippen molar-refractivity contribution in [3.05, 3.63) is 82.0 Å². The number of allylic oxidation sites excluding steroid dienone is 11. The van der Waals surface area contributed by atoms with Crippen LogP contribution in [0.25, 0.3) is 0 Å². The Hall–Kier alpha value is -1.90. The molecule has 2 nitrogen and oxygen atoms in total. The maximum atomic E-state index is 6.40. The van der Waals surface area contributed by atoms with E-state index in [1.165, 1.54) is 144 Å². The molecule has 0 heterocycles. The first-order valence-electron chi connectivity index (χ1n) is 26.3. The molecule has 1 aliphatic carbocycles. The highest BCUT2D eigenvalue weighted by Gasteiger charge is 2.26. The van der Waals surface area contributed by atoms with Crippen LogP contribution in [-0.2, 0) is 9.47 Å². The predicted octanol–water partition coefficient (Wildman–Crippen LogP) is 19.6. The Morgan fingerprint density at radius 3 is 1.40 bits per heavy atom. The van der Waals surface area contributed by atoms with Crippen LogP contribution in [-0.4, -0.2) is 19.5 Å². The zero-order chi connectivity index (χ0) is 46.3. The standard InChI is InChI=1S/C60H106O2/c1-47(2)24-16-26-49(5)28-18-30-51(7)32-20-35-54(10)41-44-61-59(46-56(12)37-22-34-53(9)39-40-58-57(13)38-23-43-60(58,14)15)62-45-42-55(11)36-21-33-52(8)31-19-29-50(6)27-17-25-48(3)4/h22,34,37,39-42,46-52,59H,16-21,23-33,35-36,38,43-45H2,1-15H3. The van der Waals surface area contributed by atoms with Crippen molar-refractivity contribution < 1.29 is 9.47 Å². The first-order valence-corrected chi connectivity index (χ1v) is 26.3. The molecule has 4 unspecified atom stereocenters. The average Bonchev–Trinajstić information content (AvgIpc) is 3.17. The Kier molecular flexibility index (Phi) is 32.3. The molecule has 0 aliphatic heterocycles. The highest BCUT2D eigenvalue weighted by atomic mass is 16.7. The second kappa shape index (κ2) is 34.4. The van der Waals surface area contributed by atoms with E-state index in [4.69, 9.17) is 9.47 Å². The molecule has 0 saturated heterocycles. The van der Waals surface area contributed by atoms with Gasteiger partial charge < -0.3 is 9.47 Å². The minimum atomic E-state index is -0.387. The summed E-state index contributed by atoms with van der Waals surface area (Å²) in [5.74, 6) is 5.05. The van der Waals surface area contributed by atoms with Crippen molar-refractivity contribution in [3.8, 4) is 0 Å². The third-order valence-corrected chi connectivity index (χ3v) is 13.8. The van der Waals surface area contributed by atoms with Crippen molar-refractivity contribution in [1.29, 1.82) is 0 Å². The van der Waals surface area contributed by atoms with Gasteiger partial charge in [0, 0.05) is 0 Å². The van der Waals surface area contributed by atoms with E-state index >= 15 is 0 Å². The van der Waals surface area contributed by atoms with Gasteiger partial charge in [0.25, 0.3) is 0 Å². The van der Waals surface area contributed by atoms with Crippen LogP contribution in [0.2, 0.25) is 0 Å². The molecular formula is C60H106O2. The zero-order valence-corrected chi connectivity index (χ0v) is 44.2. The summed E-state index contributed by atoms with van der Waals surface area (Å²) in [6.45, 7) is 36.3. The molecule has 0 N–H and O–H groups in total. The van der Waals surface area contributed by atoms with E-state index in [1.54, 1.807) is 5.57 Å². The van der Waals surface area contributed by atoms with Crippen molar-refractivity contribution >= 4 is 0 Å². The normalized spacial score (nSPS) is 18.5. The Morgan fingerprint density at radius 1 is 0.565 bits per heavy atom. The highest BCUT2D eigenvalue weighted by Crippen LogP contribution is 2.41. The van der Waals surface area contributed by atoms with Crippen LogP contribution in [0, 0.1) is 40.9 Å². The summed E-state index contributed by atoms with van der Waals surface area (Å²) in [6, 6.07) is 0. The Labute approximate surface area is 389 Å². The minimum absolute atomic E-state index is 0.262. The second-order valence-electron chi connectivity index (χ2n) is 22.3. The van der Waals surface area contributed by atoms with Crippen molar-refractivity contribution in [2.24, 2.45) is 40.9 Å². The van der Waals surface area contributed by atoms with Crippen LogP contribution in [0.4, 0.5) is 0 Å². The van der Waals surface area contributed by atoms with Gasteiger partial charge in [-0.15, -0.1) is 0 Å². The molecule has 4 atom stereocenters. The molecule has 0 saturated carbocycles. The fraction of sp³-hybridized carbons (Fsp3) is 0.767. The van der Waals surface area contributed by atoms with E-state index in [2.05, 4.69) is 152 Å². The molecule has 0 bridgehead atoms. The summed E-state index contributed by atoms with van der Waals surface area (Å²) in [4.78, 5) is 0. The second-order valence-corrected chi connectivity index (χ2v) is 22.3. The molecule has 0 aromatic heterocycles. The molecule has 1 aliphatic rings. The summed E-state index contributed by atoms with van der Waals surface area (Å²) in [5, 5.41) is 0. The molecule has 1 rings (SSSR count). The van der Waals surface area contributed by atoms with Gasteiger partial charge in [-0.2, -0.15) is 0 Å². The maximum absolute atomic E-state index is 6.40. The van der Waals surface area contributed by atoms with Crippen LogP contribution in [0.5, 0.6) is 0 Å². The summed E-state index contributed by atoms with van der Waals surface area (Å²) in [7, 11) is 0. The van der Waals surface area contributed by atoms with Gasteiger partial charge in [-0.25, -0.2) is 0 Å². The van der Waals surface area contributed by atoms with Gasteiger partial charge >= 0.3 is 0 Å². The molecule has 0 aromatic rings. The summed E-state index contributed by atoms with van der Waals surface area (Å²) in [6.07, 6.45) is 45.4. The molecule has 0 fully saturated rings. The Morgan fingerprint density at radius 2 is 0.984 bits per heavy atom. The van der Waals surface area contributed by atoms with Crippen LogP contribution in [0.3, 0.4) is 0 Å². The molecule has 0 radical (unpaired) electrons. The van der Waals surface area contributed by atoms with E-state index in [9.17, 15) is 0 Å². The van der Waals surface area contributed by atoms with Gasteiger partial charge in [0.15, 0.2) is 6.29 Å². The summed E-state index contributed by atoms with van der Waals surface area (Å²) in [5.41, 5.74) is 8.57. The quantitative estimate of drug-likeness (QED) is 0.0359. The first-order chi connectivity index (χ1) is 29.4. The lowest BCUT2D eigenvalue weighted by molar-refractivity contribution is -0.0941. The lowest BCUT2D eigenvalue weighted by atomic mass is 9.72. The topological polar surface area (TPSA) is 18.5 Å². The van der Waals surface area contributed by atoms with E-state index in [-0.39, 0.29) is 11.7 Å². The van der Waals surface area contributed by atoms with Gasteiger partial charge in [0.05, 0.1) is 13.2 Å². The third-order valence-electron chi connectivity index (χ3n) is 13.8. The van der Waals surface area contributed by atoms with Crippen LogP contribution < -0.4 is 0 Å². The van der Waals surface area contributed by atoms with Crippen LogP contribution in [0.15, 0.2) is 82.0 Å².